The van der Waals surface area contributed by atoms with Crippen molar-refractivity contribution in [2.45, 2.75) is 18.9 Å². The molecule has 0 aromatic rings. The van der Waals surface area contributed by atoms with Crippen LogP contribution in [0.15, 0.2) is 0 Å². The minimum absolute atomic E-state index is 0.207. The van der Waals surface area contributed by atoms with Crippen molar-refractivity contribution in [1.29, 1.82) is 0 Å². The molecule has 0 amide bonds. The molecule has 1 N–H and O–H groups in total. The maximum absolute atomic E-state index is 10.8. The molecule has 2 aliphatic rings. The Morgan fingerprint density at radius 1 is 1.29 bits per heavy atom. The average molecular weight is 241 g/mol. The molecule has 5 heteroatoms. The van der Waals surface area contributed by atoms with Crippen molar-refractivity contribution in [3.05, 3.63) is 0 Å². The van der Waals surface area contributed by atoms with Gasteiger partial charge in [-0.3, -0.25) is 14.6 Å². The summed E-state index contributed by atoms with van der Waals surface area (Å²) in [5.74, 6) is -0.699. The van der Waals surface area contributed by atoms with Crippen molar-refractivity contribution in [3.8, 4) is 0 Å². The molecule has 1 aliphatic heterocycles. The molecule has 1 heterocycles. The van der Waals surface area contributed by atoms with Gasteiger partial charge >= 0.3 is 5.97 Å². The summed E-state index contributed by atoms with van der Waals surface area (Å²) in [6, 6.07) is 0.540. The van der Waals surface area contributed by atoms with Gasteiger partial charge in [0.1, 0.15) is 0 Å². The van der Waals surface area contributed by atoms with E-state index >= 15 is 0 Å². The number of hydrogen-bond donors (Lipinski definition) is 1. The molecule has 1 aliphatic carbocycles. The molecular weight excluding hydrogens is 218 g/mol. The summed E-state index contributed by atoms with van der Waals surface area (Å²) in [6.07, 6.45) is 2.35. The molecule has 2 fully saturated rings. The number of hydrogen-bond acceptors (Lipinski definition) is 4. The lowest BCUT2D eigenvalue weighted by molar-refractivity contribution is -0.138. The smallest absolute Gasteiger partial charge is 0.317 e. The molecular formula is C12H23N3O2. The molecule has 1 saturated heterocycles. The van der Waals surface area contributed by atoms with Crippen LogP contribution in [-0.2, 0) is 4.79 Å². The number of carboxylic acid groups (broad SMARTS) is 1. The van der Waals surface area contributed by atoms with Crippen molar-refractivity contribution in [2.75, 3.05) is 52.9 Å². The van der Waals surface area contributed by atoms with Crippen molar-refractivity contribution in [3.63, 3.8) is 0 Å². The predicted octanol–water partition coefficient (Wildman–Crippen LogP) is -0.217. The second-order valence-electron chi connectivity index (χ2n) is 5.24. The van der Waals surface area contributed by atoms with Crippen molar-refractivity contribution < 1.29 is 9.90 Å². The topological polar surface area (TPSA) is 47.0 Å². The number of carbonyl (C=O) groups is 1. The van der Waals surface area contributed by atoms with Gasteiger partial charge in [0.15, 0.2) is 0 Å². The Kier molecular flexibility index (Phi) is 4.36. The number of likely N-dealkylation sites (N-methyl/N-ethyl adjacent to an activating group) is 1. The Labute approximate surface area is 103 Å². The number of carboxylic acids is 1. The molecule has 17 heavy (non-hydrogen) atoms. The van der Waals surface area contributed by atoms with Crippen molar-refractivity contribution in [1.82, 2.24) is 14.7 Å². The second-order valence-corrected chi connectivity index (χ2v) is 5.24. The first-order chi connectivity index (χ1) is 8.15. The molecule has 0 atom stereocenters. The maximum atomic E-state index is 10.8. The van der Waals surface area contributed by atoms with Crippen LogP contribution in [0, 0.1) is 0 Å². The first kappa shape index (κ1) is 12.8. The third-order valence-electron chi connectivity index (χ3n) is 3.70. The van der Waals surface area contributed by atoms with Crippen LogP contribution in [0.5, 0.6) is 0 Å². The van der Waals surface area contributed by atoms with E-state index in [9.17, 15) is 4.79 Å². The minimum atomic E-state index is -0.699. The summed E-state index contributed by atoms with van der Waals surface area (Å²) in [6.45, 7) is 6.60. The van der Waals surface area contributed by atoms with Gasteiger partial charge in [0.05, 0.1) is 6.54 Å². The van der Waals surface area contributed by atoms with E-state index in [0.717, 1.165) is 39.3 Å². The van der Waals surface area contributed by atoms with Gasteiger partial charge in [-0.1, -0.05) is 0 Å². The van der Waals surface area contributed by atoms with Crippen LogP contribution in [0.3, 0.4) is 0 Å². The highest BCUT2D eigenvalue weighted by Gasteiger charge is 2.30. The largest absolute Gasteiger partial charge is 0.480 e. The summed E-state index contributed by atoms with van der Waals surface area (Å²) in [5, 5.41) is 8.87. The van der Waals surface area contributed by atoms with Gasteiger partial charge in [0.25, 0.3) is 0 Å². The molecule has 0 spiro atoms. The van der Waals surface area contributed by atoms with E-state index in [1.165, 1.54) is 12.8 Å². The zero-order chi connectivity index (χ0) is 12.3. The fraction of sp³-hybridized carbons (Fsp3) is 0.917. The summed E-state index contributed by atoms with van der Waals surface area (Å²) >= 11 is 0. The molecule has 0 aromatic carbocycles. The zero-order valence-corrected chi connectivity index (χ0v) is 10.6. The Morgan fingerprint density at radius 3 is 2.47 bits per heavy atom. The van der Waals surface area contributed by atoms with Crippen LogP contribution in [0.2, 0.25) is 0 Å². The molecule has 0 unspecified atom stereocenters. The normalized spacial score (nSPS) is 23.2. The number of rotatable bonds is 6. The highest BCUT2D eigenvalue weighted by atomic mass is 16.4. The number of piperazine rings is 1. The first-order valence-corrected chi connectivity index (χ1v) is 6.52. The van der Waals surface area contributed by atoms with E-state index in [0.29, 0.717) is 6.04 Å². The number of aliphatic carboxylic acids is 1. The van der Waals surface area contributed by atoms with Crippen LogP contribution in [0.25, 0.3) is 0 Å². The quantitative estimate of drug-likeness (QED) is 0.697. The van der Waals surface area contributed by atoms with Crippen molar-refractivity contribution >= 4 is 5.97 Å². The Bertz CT molecular complexity index is 260. The maximum Gasteiger partial charge on any atom is 0.317 e. The molecule has 0 radical (unpaired) electrons. The predicted molar refractivity (Wildman–Crippen MR) is 66.2 cm³/mol. The van der Waals surface area contributed by atoms with Gasteiger partial charge in [-0.2, -0.15) is 0 Å². The number of nitrogens with zero attached hydrogens (tertiary/aromatic N) is 3. The Balaban J connectivity index is 1.69. The molecule has 0 bridgehead atoms. The summed E-state index contributed by atoms with van der Waals surface area (Å²) in [4.78, 5) is 17.7. The minimum Gasteiger partial charge on any atom is -0.480 e. The molecule has 5 nitrogen and oxygen atoms in total. The fourth-order valence-corrected chi connectivity index (χ4v) is 2.35. The zero-order valence-electron chi connectivity index (χ0n) is 10.6. The summed E-state index contributed by atoms with van der Waals surface area (Å²) in [7, 11) is 2.15. The summed E-state index contributed by atoms with van der Waals surface area (Å²) in [5.41, 5.74) is 0. The van der Waals surface area contributed by atoms with Crippen LogP contribution >= 0.6 is 0 Å². The van der Waals surface area contributed by atoms with Gasteiger partial charge in [-0.05, 0) is 19.9 Å². The molecule has 2 rings (SSSR count). The highest BCUT2D eigenvalue weighted by Crippen LogP contribution is 2.26. The van der Waals surface area contributed by atoms with Crippen LogP contribution in [0.4, 0.5) is 0 Å². The Morgan fingerprint density at radius 2 is 1.94 bits per heavy atom. The van der Waals surface area contributed by atoms with Gasteiger partial charge in [-0.25, -0.2) is 0 Å². The van der Waals surface area contributed by atoms with E-state index in [1.54, 1.807) is 0 Å². The van der Waals surface area contributed by atoms with Gasteiger partial charge in [0, 0.05) is 45.3 Å². The van der Waals surface area contributed by atoms with E-state index in [2.05, 4.69) is 21.7 Å². The Hall–Kier alpha value is -0.650. The van der Waals surface area contributed by atoms with Gasteiger partial charge < -0.3 is 10.0 Å². The van der Waals surface area contributed by atoms with Gasteiger partial charge in [-0.15, -0.1) is 0 Å². The van der Waals surface area contributed by atoms with E-state index in [-0.39, 0.29) is 6.54 Å². The standard InChI is InChI=1S/C12H23N3O2/c1-13-4-6-14(7-5-13)8-9-15(10-12(16)17)11-2-3-11/h11H,2-10H2,1H3,(H,16,17). The first-order valence-electron chi connectivity index (χ1n) is 6.52. The third kappa shape index (κ3) is 4.26. The van der Waals surface area contributed by atoms with Crippen LogP contribution < -0.4 is 0 Å². The van der Waals surface area contributed by atoms with E-state index in [1.807, 2.05) is 0 Å². The third-order valence-corrected chi connectivity index (χ3v) is 3.70. The van der Waals surface area contributed by atoms with Crippen molar-refractivity contribution in [2.24, 2.45) is 0 Å². The second kappa shape index (κ2) is 5.80. The lowest BCUT2D eigenvalue weighted by Gasteiger charge is -2.33. The van der Waals surface area contributed by atoms with Crippen LogP contribution in [0.1, 0.15) is 12.8 Å². The fourth-order valence-electron chi connectivity index (χ4n) is 2.35. The lowest BCUT2D eigenvalue weighted by atomic mass is 10.3. The average Bonchev–Trinajstić information content (AvgIpc) is 3.10. The monoisotopic (exact) mass is 241 g/mol. The molecule has 1 saturated carbocycles. The molecule has 0 aromatic heterocycles. The van der Waals surface area contributed by atoms with Gasteiger partial charge in [0.2, 0.25) is 0 Å². The lowest BCUT2D eigenvalue weighted by Crippen LogP contribution is -2.47. The highest BCUT2D eigenvalue weighted by molar-refractivity contribution is 5.69. The SMILES string of the molecule is CN1CCN(CCN(CC(=O)O)C2CC2)CC1. The van der Waals surface area contributed by atoms with E-state index in [4.69, 9.17) is 5.11 Å². The molecule has 98 valence electrons. The van der Waals surface area contributed by atoms with Crippen LogP contribution in [-0.4, -0.2) is 84.7 Å². The van der Waals surface area contributed by atoms with E-state index < -0.39 is 5.97 Å². The summed E-state index contributed by atoms with van der Waals surface area (Å²) < 4.78 is 0.